The van der Waals surface area contributed by atoms with Crippen LogP contribution in [0.3, 0.4) is 0 Å². The number of carbonyl (C=O) groups excluding carboxylic acids is 2. The van der Waals surface area contributed by atoms with Crippen molar-refractivity contribution >= 4 is 29.1 Å². The lowest BCUT2D eigenvalue weighted by atomic mass is 10.2. The molecule has 150 valence electrons. The van der Waals surface area contributed by atoms with Gasteiger partial charge in [-0.05, 0) is 44.2 Å². The smallest absolute Gasteiger partial charge is 0.255 e. The summed E-state index contributed by atoms with van der Waals surface area (Å²) in [6.07, 6.45) is 0. The lowest BCUT2D eigenvalue weighted by Crippen LogP contribution is -2.35. The van der Waals surface area contributed by atoms with E-state index in [2.05, 4.69) is 5.32 Å². The summed E-state index contributed by atoms with van der Waals surface area (Å²) in [7, 11) is 1.55. The van der Waals surface area contributed by atoms with Gasteiger partial charge in [0.15, 0.2) is 0 Å². The molecule has 29 heavy (non-hydrogen) atoms. The van der Waals surface area contributed by atoms with Gasteiger partial charge in [0.05, 0.1) is 28.5 Å². The van der Waals surface area contributed by atoms with Gasteiger partial charge in [-0.15, -0.1) is 0 Å². The van der Waals surface area contributed by atoms with E-state index in [1.165, 1.54) is 11.0 Å². The number of rotatable bonds is 5. The van der Waals surface area contributed by atoms with Crippen LogP contribution in [0.1, 0.15) is 21.7 Å². The maximum atomic E-state index is 14.2. The van der Waals surface area contributed by atoms with Crippen molar-refractivity contribution in [2.45, 2.75) is 13.8 Å². The third kappa shape index (κ3) is 4.32. The zero-order valence-electron chi connectivity index (χ0n) is 16.4. The lowest BCUT2D eigenvalue weighted by molar-refractivity contribution is -0.116. The molecule has 2 amide bonds. The average molecular weight is 414 g/mol. The molecule has 2 aromatic carbocycles. The van der Waals surface area contributed by atoms with Crippen LogP contribution in [-0.2, 0) is 4.79 Å². The zero-order chi connectivity index (χ0) is 21.1. The number of para-hydroxylation sites is 2. The average Bonchev–Trinajstić information content (AvgIpc) is 2.97. The van der Waals surface area contributed by atoms with E-state index in [0.717, 1.165) is 5.69 Å². The number of aromatic nitrogens is 1. The Hall–Kier alpha value is -3.12. The van der Waals surface area contributed by atoms with Crippen LogP contribution in [0.25, 0.3) is 5.69 Å². The molecule has 0 atom stereocenters. The first-order valence-corrected chi connectivity index (χ1v) is 9.41. The minimum absolute atomic E-state index is 0.145. The molecular weight excluding hydrogens is 393 g/mol. The monoisotopic (exact) mass is 413 g/mol. The first-order valence-electron chi connectivity index (χ1n) is 9.03. The summed E-state index contributed by atoms with van der Waals surface area (Å²) in [5.74, 6) is -1.06. The Morgan fingerprint density at radius 1 is 1.10 bits per heavy atom. The van der Waals surface area contributed by atoms with E-state index >= 15 is 0 Å². The van der Waals surface area contributed by atoms with Crippen molar-refractivity contribution in [3.05, 3.63) is 82.4 Å². The van der Waals surface area contributed by atoms with Gasteiger partial charge in [-0.3, -0.25) is 9.59 Å². The van der Waals surface area contributed by atoms with E-state index in [1.54, 1.807) is 74.0 Å². The van der Waals surface area contributed by atoms with Crippen LogP contribution in [0.4, 0.5) is 10.1 Å². The lowest BCUT2D eigenvalue weighted by Gasteiger charge is -2.17. The predicted octanol–water partition coefficient (Wildman–Crippen LogP) is 4.60. The van der Waals surface area contributed by atoms with Gasteiger partial charge in [0.2, 0.25) is 5.91 Å². The second-order valence-electron chi connectivity index (χ2n) is 6.76. The van der Waals surface area contributed by atoms with Crippen LogP contribution in [-0.4, -0.2) is 34.9 Å². The van der Waals surface area contributed by atoms with Gasteiger partial charge in [0.25, 0.3) is 5.91 Å². The minimum Gasteiger partial charge on any atom is -0.332 e. The number of carbonyl (C=O) groups is 2. The van der Waals surface area contributed by atoms with Crippen LogP contribution in [0.2, 0.25) is 5.02 Å². The van der Waals surface area contributed by atoms with E-state index in [0.29, 0.717) is 27.7 Å². The van der Waals surface area contributed by atoms with Crippen LogP contribution in [0.5, 0.6) is 0 Å². The summed E-state index contributed by atoms with van der Waals surface area (Å²) in [4.78, 5) is 26.5. The second kappa shape index (κ2) is 8.49. The molecule has 0 saturated carbocycles. The number of amides is 2. The van der Waals surface area contributed by atoms with Crippen molar-refractivity contribution in [1.29, 1.82) is 0 Å². The van der Waals surface area contributed by atoms with Crippen molar-refractivity contribution < 1.29 is 14.0 Å². The molecule has 0 saturated heterocycles. The predicted molar refractivity (Wildman–Crippen MR) is 112 cm³/mol. The molecule has 1 aromatic heterocycles. The van der Waals surface area contributed by atoms with Crippen LogP contribution in [0.15, 0.2) is 54.6 Å². The highest BCUT2D eigenvalue weighted by Gasteiger charge is 2.22. The van der Waals surface area contributed by atoms with Crippen LogP contribution in [0, 0.1) is 19.7 Å². The fourth-order valence-electron chi connectivity index (χ4n) is 3.23. The number of nitrogens with zero attached hydrogens (tertiary/aromatic N) is 2. The van der Waals surface area contributed by atoms with Crippen LogP contribution >= 0.6 is 11.6 Å². The van der Waals surface area contributed by atoms with Crippen molar-refractivity contribution in [3.63, 3.8) is 0 Å². The van der Waals surface area contributed by atoms with Crippen molar-refractivity contribution in [2.24, 2.45) is 0 Å². The van der Waals surface area contributed by atoms with Crippen molar-refractivity contribution in [3.8, 4) is 5.69 Å². The molecule has 0 fully saturated rings. The molecule has 0 bridgehead atoms. The molecule has 5 nitrogen and oxygen atoms in total. The second-order valence-corrected chi connectivity index (χ2v) is 7.17. The Labute approximate surface area is 173 Å². The van der Waals surface area contributed by atoms with Gasteiger partial charge in [0, 0.05) is 18.4 Å². The normalized spacial score (nSPS) is 10.7. The standard InChI is InChI=1S/C22H21ClFN3O2/c1-14-12-16(15(2)27(14)20-11-7-5-9-18(20)24)22(29)26(3)13-21(28)25-19-10-6-4-8-17(19)23/h4-12H,13H2,1-3H3,(H,25,28). The third-order valence-corrected chi connectivity index (χ3v) is 4.96. The summed E-state index contributed by atoms with van der Waals surface area (Å²) in [6, 6.07) is 15.0. The number of hydrogen-bond donors (Lipinski definition) is 1. The number of hydrogen-bond acceptors (Lipinski definition) is 2. The Morgan fingerprint density at radius 3 is 2.45 bits per heavy atom. The molecule has 1 heterocycles. The molecule has 0 spiro atoms. The number of likely N-dealkylation sites (N-methyl/N-ethyl adjacent to an activating group) is 1. The number of benzene rings is 2. The quantitative estimate of drug-likeness (QED) is 0.664. The summed E-state index contributed by atoms with van der Waals surface area (Å²) in [5.41, 5.74) is 2.61. The van der Waals surface area contributed by atoms with Crippen LogP contribution < -0.4 is 5.32 Å². The maximum absolute atomic E-state index is 14.2. The molecule has 0 radical (unpaired) electrons. The van der Waals surface area contributed by atoms with Gasteiger partial charge in [0.1, 0.15) is 5.82 Å². The highest BCUT2D eigenvalue weighted by molar-refractivity contribution is 6.33. The maximum Gasteiger partial charge on any atom is 0.255 e. The molecule has 0 aliphatic rings. The third-order valence-electron chi connectivity index (χ3n) is 4.63. The fraction of sp³-hybridized carbons (Fsp3) is 0.182. The molecular formula is C22H21ClFN3O2. The number of anilines is 1. The first-order chi connectivity index (χ1) is 13.8. The Morgan fingerprint density at radius 2 is 1.76 bits per heavy atom. The molecule has 3 aromatic rings. The topological polar surface area (TPSA) is 54.3 Å². The highest BCUT2D eigenvalue weighted by Crippen LogP contribution is 2.24. The molecule has 3 rings (SSSR count). The largest absolute Gasteiger partial charge is 0.332 e. The fourth-order valence-corrected chi connectivity index (χ4v) is 3.41. The molecule has 0 unspecified atom stereocenters. The molecule has 0 aliphatic carbocycles. The summed E-state index contributed by atoms with van der Waals surface area (Å²) < 4.78 is 15.9. The van der Waals surface area contributed by atoms with Gasteiger partial charge >= 0.3 is 0 Å². The molecule has 7 heteroatoms. The SMILES string of the molecule is Cc1cc(C(=O)N(C)CC(=O)Nc2ccccc2Cl)c(C)n1-c1ccccc1F. The number of aryl methyl sites for hydroxylation is 1. The van der Waals surface area contributed by atoms with E-state index in [1.807, 2.05) is 0 Å². The zero-order valence-corrected chi connectivity index (χ0v) is 17.1. The molecule has 1 N–H and O–H groups in total. The van der Waals surface area contributed by atoms with Crippen molar-refractivity contribution in [2.75, 3.05) is 18.9 Å². The Balaban J connectivity index is 1.78. The van der Waals surface area contributed by atoms with E-state index in [9.17, 15) is 14.0 Å². The van der Waals surface area contributed by atoms with Crippen molar-refractivity contribution in [1.82, 2.24) is 9.47 Å². The van der Waals surface area contributed by atoms with Gasteiger partial charge < -0.3 is 14.8 Å². The summed E-state index contributed by atoms with van der Waals surface area (Å²) >= 11 is 6.05. The van der Waals surface area contributed by atoms with Gasteiger partial charge in [-0.25, -0.2) is 4.39 Å². The summed E-state index contributed by atoms with van der Waals surface area (Å²) in [6.45, 7) is 3.41. The Bertz CT molecular complexity index is 1080. The molecule has 0 aliphatic heterocycles. The summed E-state index contributed by atoms with van der Waals surface area (Å²) in [5, 5.41) is 3.11. The highest BCUT2D eigenvalue weighted by atomic mass is 35.5. The number of nitrogens with one attached hydrogen (secondary N) is 1. The Kier molecular flexibility index (Phi) is 6.03. The number of halogens is 2. The van der Waals surface area contributed by atoms with Gasteiger partial charge in [-0.1, -0.05) is 35.9 Å². The first kappa shape index (κ1) is 20.6. The minimum atomic E-state index is -0.374. The van der Waals surface area contributed by atoms with Gasteiger partial charge in [-0.2, -0.15) is 0 Å². The van der Waals surface area contributed by atoms with E-state index < -0.39 is 0 Å². The van der Waals surface area contributed by atoms with E-state index in [4.69, 9.17) is 11.6 Å². The van der Waals surface area contributed by atoms with E-state index in [-0.39, 0.29) is 24.2 Å².